The van der Waals surface area contributed by atoms with E-state index in [-0.39, 0.29) is 18.4 Å². The van der Waals surface area contributed by atoms with Gasteiger partial charge >= 0.3 is 0 Å². The largest absolute Gasteiger partial charge is 0.484 e. The highest BCUT2D eigenvalue weighted by Crippen LogP contribution is 2.26. The molecular formula is C21H21N3O4. The molecule has 0 saturated carbocycles. The predicted octanol–water partition coefficient (Wildman–Crippen LogP) is 3.37. The summed E-state index contributed by atoms with van der Waals surface area (Å²) in [5.74, 6) is 0.542. The maximum Gasteiger partial charge on any atom is 0.261 e. The number of rotatable bonds is 6. The zero-order chi connectivity index (χ0) is 20.1. The highest BCUT2D eigenvalue weighted by atomic mass is 16.5. The number of aromatic nitrogens is 1. The van der Waals surface area contributed by atoms with Crippen molar-refractivity contribution in [3.8, 4) is 17.0 Å². The molecule has 0 saturated heterocycles. The molecule has 0 atom stereocenters. The highest BCUT2D eigenvalue weighted by Gasteiger charge is 2.21. The monoisotopic (exact) mass is 379 g/mol. The number of nitrogens with zero attached hydrogens (tertiary/aromatic N) is 2. The van der Waals surface area contributed by atoms with Crippen LogP contribution in [0.4, 0.5) is 5.69 Å². The minimum atomic E-state index is -0.311. The lowest BCUT2D eigenvalue weighted by atomic mass is 10.1. The molecule has 1 aromatic heterocycles. The summed E-state index contributed by atoms with van der Waals surface area (Å²) in [5, 5.41) is 6.86. The molecule has 2 aromatic carbocycles. The van der Waals surface area contributed by atoms with Crippen LogP contribution >= 0.6 is 0 Å². The van der Waals surface area contributed by atoms with Gasteiger partial charge in [0.1, 0.15) is 22.8 Å². The van der Waals surface area contributed by atoms with Crippen molar-refractivity contribution in [1.29, 1.82) is 0 Å². The van der Waals surface area contributed by atoms with Gasteiger partial charge in [0.15, 0.2) is 6.61 Å². The number of hydrogen-bond acceptors (Lipinski definition) is 5. The van der Waals surface area contributed by atoms with E-state index in [0.29, 0.717) is 28.5 Å². The van der Waals surface area contributed by atoms with Crippen molar-refractivity contribution < 1.29 is 18.8 Å². The molecule has 28 heavy (non-hydrogen) atoms. The van der Waals surface area contributed by atoms with Gasteiger partial charge in [0.2, 0.25) is 0 Å². The van der Waals surface area contributed by atoms with Crippen LogP contribution < -0.4 is 10.1 Å². The van der Waals surface area contributed by atoms with Crippen molar-refractivity contribution in [1.82, 2.24) is 10.1 Å². The van der Waals surface area contributed by atoms with E-state index in [4.69, 9.17) is 9.26 Å². The van der Waals surface area contributed by atoms with Crippen LogP contribution in [-0.2, 0) is 4.79 Å². The first-order valence-corrected chi connectivity index (χ1v) is 8.71. The molecule has 0 unspecified atom stereocenters. The maximum atomic E-state index is 12.8. The standard InChI is InChI=1S/C21H21N3O4/c1-14-19(20(23-28-14)15-7-5-4-6-8-15)21(26)22-16-9-11-17(12-10-16)27-13-18(25)24(2)3/h4-12H,13H2,1-3H3,(H,22,26). The number of benzene rings is 2. The first kappa shape index (κ1) is 19.2. The predicted molar refractivity (Wildman–Crippen MR) is 105 cm³/mol. The Hall–Kier alpha value is -3.61. The van der Waals surface area contributed by atoms with Crippen LogP contribution in [0.1, 0.15) is 16.1 Å². The fourth-order valence-electron chi connectivity index (χ4n) is 2.53. The molecule has 3 rings (SSSR count). The van der Waals surface area contributed by atoms with E-state index in [1.807, 2.05) is 30.3 Å². The summed E-state index contributed by atoms with van der Waals surface area (Å²) in [4.78, 5) is 25.8. The number of ether oxygens (including phenoxy) is 1. The Labute approximate surface area is 162 Å². The molecule has 7 heteroatoms. The van der Waals surface area contributed by atoms with Crippen molar-refractivity contribution in [2.24, 2.45) is 0 Å². The van der Waals surface area contributed by atoms with Crippen LogP contribution in [0.15, 0.2) is 59.1 Å². The molecule has 0 bridgehead atoms. The Kier molecular flexibility index (Phi) is 5.74. The number of aryl methyl sites for hydroxylation is 1. The van der Waals surface area contributed by atoms with Crippen molar-refractivity contribution in [2.45, 2.75) is 6.92 Å². The van der Waals surface area contributed by atoms with E-state index < -0.39 is 0 Å². The van der Waals surface area contributed by atoms with Gasteiger partial charge in [-0.2, -0.15) is 0 Å². The molecule has 2 amide bonds. The molecule has 0 aliphatic rings. The Morgan fingerprint density at radius 3 is 2.39 bits per heavy atom. The summed E-state index contributed by atoms with van der Waals surface area (Å²) >= 11 is 0. The third kappa shape index (κ3) is 4.37. The summed E-state index contributed by atoms with van der Waals surface area (Å²) < 4.78 is 10.7. The molecule has 1 heterocycles. The third-order valence-corrected chi connectivity index (χ3v) is 4.11. The van der Waals surface area contributed by atoms with Gasteiger partial charge in [-0.1, -0.05) is 35.5 Å². The Morgan fingerprint density at radius 2 is 1.75 bits per heavy atom. The molecule has 0 spiro atoms. The van der Waals surface area contributed by atoms with Gasteiger partial charge in [0, 0.05) is 25.3 Å². The molecule has 0 radical (unpaired) electrons. The molecule has 3 aromatic rings. The number of hydrogen-bond donors (Lipinski definition) is 1. The summed E-state index contributed by atoms with van der Waals surface area (Å²) in [5.41, 5.74) is 2.29. The second kappa shape index (κ2) is 8.39. The normalized spacial score (nSPS) is 10.4. The van der Waals surface area contributed by atoms with Gasteiger partial charge in [0.25, 0.3) is 11.8 Å². The molecule has 0 fully saturated rings. The van der Waals surface area contributed by atoms with Crippen molar-refractivity contribution in [2.75, 3.05) is 26.0 Å². The van der Waals surface area contributed by atoms with Gasteiger partial charge < -0.3 is 19.5 Å². The number of amides is 2. The lowest BCUT2D eigenvalue weighted by Gasteiger charge is -2.12. The molecule has 144 valence electrons. The van der Waals surface area contributed by atoms with E-state index in [1.54, 1.807) is 45.3 Å². The van der Waals surface area contributed by atoms with Gasteiger partial charge in [-0.3, -0.25) is 9.59 Å². The summed E-state index contributed by atoms with van der Waals surface area (Å²) in [6.07, 6.45) is 0. The van der Waals surface area contributed by atoms with E-state index in [9.17, 15) is 9.59 Å². The van der Waals surface area contributed by atoms with Crippen molar-refractivity contribution in [3.05, 3.63) is 65.9 Å². The minimum absolute atomic E-state index is 0.0426. The van der Waals surface area contributed by atoms with Crippen LogP contribution in [-0.4, -0.2) is 42.6 Å². The van der Waals surface area contributed by atoms with Crippen LogP contribution in [0.5, 0.6) is 5.75 Å². The van der Waals surface area contributed by atoms with Gasteiger partial charge in [-0.15, -0.1) is 0 Å². The van der Waals surface area contributed by atoms with E-state index >= 15 is 0 Å². The smallest absolute Gasteiger partial charge is 0.261 e. The van der Waals surface area contributed by atoms with Crippen molar-refractivity contribution >= 4 is 17.5 Å². The highest BCUT2D eigenvalue weighted by molar-refractivity contribution is 6.08. The average molecular weight is 379 g/mol. The Morgan fingerprint density at radius 1 is 1.07 bits per heavy atom. The second-order valence-corrected chi connectivity index (χ2v) is 6.38. The SMILES string of the molecule is Cc1onc(-c2ccccc2)c1C(=O)Nc1ccc(OCC(=O)N(C)C)cc1. The third-order valence-electron chi connectivity index (χ3n) is 4.11. The minimum Gasteiger partial charge on any atom is -0.484 e. The fourth-order valence-corrected chi connectivity index (χ4v) is 2.53. The fraction of sp³-hybridized carbons (Fsp3) is 0.190. The van der Waals surface area contributed by atoms with E-state index in [2.05, 4.69) is 10.5 Å². The number of carbonyl (C=O) groups is 2. The summed E-state index contributed by atoms with van der Waals surface area (Å²) in [6, 6.07) is 16.2. The molecule has 7 nitrogen and oxygen atoms in total. The maximum absolute atomic E-state index is 12.8. The molecular weight excluding hydrogens is 358 g/mol. The zero-order valence-electron chi connectivity index (χ0n) is 15.9. The lowest BCUT2D eigenvalue weighted by molar-refractivity contribution is -0.130. The zero-order valence-corrected chi connectivity index (χ0v) is 15.9. The molecule has 0 aliphatic heterocycles. The Bertz CT molecular complexity index is 963. The quantitative estimate of drug-likeness (QED) is 0.710. The number of nitrogens with one attached hydrogen (secondary N) is 1. The van der Waals surface area contributed by atoms with Crippen molar-refractivity contribution in [3.63, 3.8) is 0 Å². The summed E-state index contributed by atoms with van der Waals surface area (Å²) in [6.45, 7) is 1.66. The first-order valence-electron chi connectivity index (χ1n) is 8.71. The average Bonchev–Trinajstić information content (AvgIpc) is 3.09. The van der Waals surface area contributed by atoms with E-state index in [0.717, 1.165) is 5.56 Å². The van der Waals surface area contributed by atoms with Crippen LogP contribution in [0.25, 0.3) is 11.3 Å². The second-order valence-electron chi connectivity index (χ2n) is 6.38. The van der Waals surface area contributed by atoms with Crippen LogP contribution in [0.2, 0.25) is 0 Å². The number of anilines is 1. The van der Waals surface area contributed by atoms with E-state index in [1.165, 1.54) is 4.90 Å². The number of likely N-dealkylation sites (N-methyl/N-ethyl adjacent to an activating group) is 1. The lowest BCUT2D eigenvalue weighted by Crippen LogP contribution is -2.27. The van der Waals surface area contributed by atoms with Gasteiger partial charge in [0.05, 0.1) is 0 Å². The van der Waals surface area contributed by atoms with Gasteiger partial charge in [-0.25, -0.2) is 0 Å². The van der Waals surface area contributed by atoms with Gasteiger partial charge in [-0.05, 0) is 31.2 Å². The van der Waals surface area contributed by atoms with Crippen LogP contribution in [0.3, 0.4) is 0 Å². The van der Waals surface area contributed by atoms with Crippen LogP contribution in [0, 0.1) is 6.92 Å². The first-order chi connectivity index (χ1) is 13.5. The molecule has 1 N–H and O–H groups in total. The topological polar surface area (TPSA) is 84.7 Å². The molecule has 0 aliphatic carbocycles. The summed E-state index contributed by atoms with van der Waals surface area (Å²) in [7, 11) is 3.33. The number of carbonyl (C=O) groups excluding carboxylic acids is 2. The Balaban J connectivity index is 1.71.